The molecule has 0 bridgehead atoms. The summed E-state index contributed by atoms with van der Waals surface area (Å²) < 4.78 is 15.5. The standard InChI is InChI=1S/C19H20BrN3O/c20-17-9-8-16-19(23-17)14-2-1-3-15(18(14)22-16)21-10-12-4-6-13(11-24)7-5-12/h4-9,15,21-22,24H,1-3,10-11H2/t15-/m1/s1/i11D2. The van der Waals surface area contributed by atoms with E-state index in [2.05, 4.69) is 37.3 Å². The van der Waals surface area contributed by atoms with E-state index in [4.69, 9.17) is 2.74 Å². The van der Waals surface area contributed by atoms with Crippen LogP contribution in [0.1, 0.15) is 44.0 Å². The summed E-state index contributed by atoms with van der Waals surface area (Å²) in [5.74, 6) is 0. The summed E-state index contributed by atoms with van der Waals surface area (Å²) in [6.45, 7) is -1.61. The maximum Gasteiger partial charge on any atom is 0.106 e. The molecule has 124 valence electrons. The number of fused-ring (bicyclic) bond motifs is 3. The Morgan fingerprint density at radius 3 is 2.83 bits per heavy atom. The lowest BCUT2D eigenvalue weighted by molar-refractivity contribution is 0.282. The van der Waals surface area contributed by atoms with Crippen molar-refractivity contribution in [3.63, 3.8) is 0 Å². The quantitative estimate of drug-likeness (QED) is 0.593. The molecule has 0 saturated heterocycles. The van der Waals surface area contributed by atoms with E-state index in [0.29, 0.717) is 6.54 Å². The monoisotopic (exact) mass is 387 g/mol. The number of nitrogens with one attached hydrogen (secondary N) is 2. The van der Waals surface area contributed by atoms with Crippen molar-refractivity contribution in [2.24, 2.45) is 0 Å². The molecule has 3 aromatic rings. The molecule has 0 spiro atoms. The van der Waals surface area contributed by atoms with Gasteiger partial charge < -0.3 is 15.4 Å². The minimum atomic E-state index is -2.30. The van der Waals surface area contributed by atoms with Gasteiger partial charge in [-0.25, -0.2) is 4.98 Å². The molecular formula is C19H20BrN3O. The molecule has 0 fully saturated rings. The first kappa shape index (κ1) is 13.6. The van der Waals surface area contributed by atoms with Crippen LogP contribution in [0, 0.1) is 0 Å². The summed E-state index contributed by atoms with van der Waals surface area (Å²) in [6, 6.07) is 11.2. The molecule has 5 heteroatoms. The molecule has 0 saturated carbocycles. The van der Waals surface area contributed by atoms with Crippen LogP contribution < -0.4 is 5.32 Å². The van der Waals surface area contributed by atoms with E-state index < -0.39 is 6.56 Å². The number of aromatic nitrogens is 2. The average molecular weight is 388 g/mol. The first-order chi connectivity index (χ1) is 12.4. The number of hydrogen-bond acceptors (Lipinski definition) is 3. The van der Waals surface area contributed by atoms with Crippen molar-refractivity contribution in [3.8, 4) is 0 Å². The number of hydrogen-bond donors (Lipinski definition) is 3. The van der Waals surface area contributed by atoms with Crippen molar-refractivity contribution in [2.75, 3.05) is 0 Å². The van der Waals surface area contributed by atoms with Gasteiger partial charge in [0.05, 0.1) is 20.3 Å². The predicted octanol–water partition coefficient (Wildman–Crippen LogP) is 3.98. The van der Waals surface area contributed by atoms with Crippen LogP contribution in [-0.2, 0) is 19.5 Å². The highest BCUT2D eigenvalue weighted by Crippen LogP contribution is 2.34. The lowest BCUT2D eigenvalue weighted by atomic mass is 9.92. The topological polar surface area (TPSA) is 60.9 Å². The van der Waals surface area contributed by atoms with Crippen LogP contribution >= 0.6 is 15.9 Å². The van der Waals surface area contributed by atoms with E-state index in [1.54, 1.807) is 12.1 Å². The highest BCUT2D eigenvalue weighted by Gasteiger charge is 2.24. The highest BCUT2D eigenvalue weighted by molar-refractivity contribution is 9.10. The molecule has 24 heavy (non-hydrogen) atoms. The second-order valence-electron chi connectivity index (χ2n) is 6.18. The Kier molecular flexibility index (Phi) is 3.77. The van der Waals surface area contributed by atoms with Gasteiger partial charge in [0.25, 0.3) is 0 Å². The van der Waals surface area contributed by atoms with Crippen molar-refractivity contribution < 1.29 is 7.85 Å². The van der Waals surface area contributed by atoms with Crippen LogP contribution in [0.25, 0.3) is 11.0 Å². The zero-order chi connectivity index (χ0) is 18.3. The number of H-pyrrole nitrogens is 1. The second kappa shape index (κ2) is 6.67. The molecule has 1 atom stereocenters. The smallest absolute Gasteiger partial charge is 0.106 e. The van der Waals surface area contributed by atoms with Crippen molar-refractivity contribution in [2.45, 2.75) is 38.4 Å². The SMILES string of the molecule is [2H]C([2H])(O)c1ccc(CN[C@@H]2CCCc3c2[nH]c2ccc(Br)nc32)cc1. The maximum absolute atomic E-state index is 9.42. The van der Waals surface area contributed by atoms with E-state index >= 15 is 0 Å². The number of pyridine rings is 1. The molecule has 4 nitrogen and oxygen atoms in total. The van der Waals surface area contributed by atoms with Crippen LogP contribution in [0.5, 0.6) is 0 Å². The summed E-state index contributed by atoms with van der Waals surface area (Å²) >= 11 is 3.46. The molecule has 0 aliphatic heterocycles. The lowest BCUT2D eigenvalue weighted by Crippen LogP contribution is -2.24. The summed E-state index contributed by atoms with van der Waals surface area (Å²) in [5, 5.41) is 13.0. The van der Waals surface area contributed by atoms with Gasteiger partial charge >= 0.3 is 0 Å². The number of rotatable bonds is 4. The number of benzene rings is 1. The van der Waals surface area contributed by atoms with Crippen LogP contribution in [0.4, 0.5) is 0 Å². The molecule has 1 aromatic carbocycles. The molecule has 0 amide bonds. The molecule has 4 rings (SSSR count). The Morgan fingerprint density at radius 2 is 2.04 bits per heavy atom. The first-order valence-electron chi connectivity index (χ1n) is 9.14. The Morgan fingerprint density at radius 1 is 1.25 bits per heavy atom. The maximum atomic E-state index is 9.42. The number of halogens is 1. The van der Waals surface area contributed by atoms with Gasteiger partial charge in [0.15, 0.2) is 0 Å². The fourth-order valence-electron chi connectivity index (χ4n) is 3.43. The first-order valence-corrected chi connectivity index (χ1v) is 8.93. The van der Waals surface area contributed by atoms with Gasteiger partial charge in [0.1, 0.15) is 4.60 Å². The van der Waals surface area contributed by atoms with Crippen molar-refractivity contribution >= 4 is 27.0 Å². The van der Waals surface area contributed by atoms with E-state index in [0.717, 1.165) is 40.5 Å². The molecule has 1 aliphatic carbocycles. The Bertz CT molecular complexity index is 934. The van der Waals surface area contributed by atoms with E-state index in [1.165, 1.54) is 11.3 Å². The van der Waals surface area contributed by atoms with Gasteiger partial charge in [-0.3, -0.25) is 0 Å². The zero-order valence-electron chi connectivity index (χ0n) is 15.1. The Labute approximate surface area is 152 Å². The summed E-state index contributed by atoms with van der Waals surface area (Å²) in [5.41, 5.74) is 5.97. The summed E-state index contributed by atoms with van der Waals surface area (Å²) in [6.07, 6.45) is 3.23. The molecule has 2 aromatic heterocycles. The third-order valence-corrected chi connectivity index (χ3v) is 5.09. The van der Waals surface area contributed by atoms with Gasteiger partial charge in [-0.05, 0) is 58.5 Å². The lowest BCUT2D eigenvalue weighted by Gasteiger charge is -2.23. The fourth-order valence-corrected chi connectivity index (χ4v) is 3.74. The van der Waals surface area contributed by atoms with Gasteiger partial charge in [-0.15, -0.1) is 0 Å². The van der Waals surface area contributed by atoms with Crippen LogP contribution in [0.2, 0.25) is 0 Å². The van der Waals surface area contributed by atoms with Crippen molar-refractivity contribution in [1.29, 1.82) is 0 Å². The molecular weight excluding hydrogens is 366 g/mol. The molecule has 0 radical (unpaired) electrons. The molecule has 3 N–H and O–H groups in total. The Hall–Kier alpha value is -1.69. The highest BCUT2D eigenvalue weighted by atomic mass is 79.9. The van der Waals surface area contributed by atoms with E-state index in [9.17, 15) is 5.11 Å². The van der Waals surface area contributed by atoms with Crippen molar-refractivity contribution in [1.82, 2.24) is 15.3 Å². The largest absolute Gasteiger partial charge is 0.392 e. The fraction of sp³-hybridized carbons (Fsp3) is 0.316. The number of aromatic amines is 1. The molecule has 0 unspecified atom stereocenters. The molecule has 2 heterocycles. The van der Waals surface area contributed by atoms with E-state index in [1.807, 2.05) is 18.2 Å². The number of nitrogens with zero attached hydrogens (tertiary/aromatic N) is 1. The van der Waals surface area contributed by atoms with Gasteiger partial charge in [0.2, 0.25) is 0 Å². The summed E-state index contributed by atoms with van der Waals surface area (Å²) in [4.78, 5) is 8.16. The van der Waals surface area contributed by atoms with Crippen LogP contribution in [0.3, 0.4) is 0 Å². The molecule has 1 aliphatic rings. The van der Waals surface area contributed by atoms with Crippen LogP contribution in [-0.4, -0.2) is 15.1 Å². The Balaban J connectivity index is 1.53. The van der Waals surface area contributed by atoms with Crippen LogP contribution in [0.15, 0.2) is 41.0 Å². The number of aryl methyl sites for hydroxylation is 1. The minimum absolute atomic E-state index is 0.246. The summed E-state index contributed by atoms with van der Waals surface area (Å²) in [7, 11) is 0. The normalized spacial score (nSPS) is 19.0. The van der Waals surface area contributed by atoms with Gasteiger partial charge in [0, 0.05) is 23.8 Å². The third-order valence-electron chi connectivity index (χ3n) is 4.65. The zero-order valence-corrected chi connectivity index (χ0v) is 14.7. The van der Waals surface area contributed by atoms with E-state index in [-0.39, 0.29) is 11.6 Å². The van der Waals surface area contributed by atoms with Gasteiger partial charge in [-0.1, -0.05) is 24.3 Å². The minimum Gasteiger partial charge on any atom is -0.392 e. The van der Waals surface area contributed by atoms with Crippen molar-refractivity contribution in [3.05, 3.63) is 63.4 Å². The second-order valence-corrected chi connectivity index (χ2v) is 6.99. The average Bonchev–Trinajstić information content (AvgIpc) is 2.98. The third kappa shape index (κ3) is 2.99. The predicted molar refractivity (Wildman–Crippen MR) is 98.7 cm³/mol. The van der Waals surface area contributed by atoms with Gasteiger partial charge in [-0.2, -0.15) is 0 Å². The number of aliphatic hydroxyl groups is 1.